The van der Waals surface area contributed by atoms with Crippen LogP contribution in [-0.4, -0.2) is 54.5 Å². The van der Waals surface area contributed by atoms with E-state index in [0.29, 0.717) is 19.6 Å². The van der Waals surface area contributed by atoms with Crippen LogP contribution in [0.5, 0.6) is 0 Å². The molecule has 1 aromatic rings. The third kappa shape index (κ3) is 4.17. The maximum absolute atomic E-state index is 12.5. The molecule has 1 N–H and O–H groups in total. The highest BCUT2D eigenvalue weighted by Crippen LogP contribution is 2.40. The Labute approximate surface area is 164 Å². The second kappa shape index (κ2) is 7.77. The lowest BCUT2D eigenvalue weighted by molar-refractivity contribution is 0.0258. The highest BCUT2D eigenvalue weighted by atomic mass is 79.9. The van der Waals surface area contributed by atoms with Crippen molar-refractivity contribution in [2.75, 3.05) is 37.7 Å². The van der Waals surface area contributed by atoms with Gasteiger partial charge in [-0.25, -0.2) is 4.79 Å². The van der Waals surface area contributed by atoms with E-state index in [4.69, 9.17) is 4.74 Å². The van der Waals surface area contributed by atoms with Gasteiger partial charge in [-0.3, -0.25) is 0 Å². The number of hydrogen-bond acceptors (Lipinski definition) is 4. The zero-order valence-corrected chi connectivity index (χ0v) is 17.6. The molecule has 2 heterocycles. The number of ether oxygens (including phenoxy) is 1. The summed E-state index contributed by atoms with van der Waals surface area (Å²) in [5.41, 5.74) is 4.73. The van der Waals surface area contributed by atoms with Gasteiger partial charge in [0, 0.05) is 30.7 Å². The first kappa shape index (κ1) is 19.5. The number of β-amino-alcohol motifs (C(OH)–C–C–N with tert-alkyl or cyclic N) is 1. The second-order valence-corrected chi connectivity index (χ2v) is 8.91. The van der Waals surface area contributed by atoms with Crippen molar-refractivity contribution in [2.24, 2.45) is 0 Å². The van der Waals surface area contributed by atoms with Crippen LogP contribution in [0.25, 0.3) is 0 Å². The molecule has 0 saturated heterocycles. The van der Waals surface area contributed by atoms with Crippen molar-refractivity contribution in [3.8, 4) is 0 Å². The molecule has 144 valence electrons. The molecule has 0 saturated carbocycles. The first-order valence-electron chi connectivity index (χ1n) is 9.47. The number of benzene rings is 1. The van der Waals surface area contributed by atoms with Gasteiger partial charge in [-0.15, -0.1) is 0 Å². The molecule has 2 aliphatic rings. The van der Waals surface area contributed by atoms with E-state index in [0.717, 1.165) is 36.7 Å². The number of nitrogens with zero attached hydrogens (tertiary/aromatic N) is 2. The molecule has 3 rings (SSSR count). The zero-order chi connectivity index (χ0) is 18.9. The summed E-state index contributed by atoms with van der Waals surface area (Å²) in [5, 5.41) is 9.39. The van der Waals surface area contributed by atoms with Crippen molar-refractivity contribution in [2.45, 2.75) is 52.1 Å². The Balaban J connectivity index is 1.84. The summed E-state index contributed by atoms with van der Waals surface area (Å²) in [5.74, 6) is 0. The third-order valence-corrected chi connectivity index (χ3v) is 5.86. The highest BCUT2D eigenvalue weighted by molar-refractivity contribution is 9.10. The van der Waals surface area contributed by atoms with Crippen LogP contribution in [0, 0.1) is 0 Å². The minimum absolute atomic E-state index is 0.162. The van der Waals surface area contributed by atoms with Gasteiger partial charge in [0.2, 0.25) is 0 Å². The maximum Gasteiger partial charge on any atom is 0.410 e. The van der Waals surface area contributed by atoms with E-state index in [2.05, 4.69) is 26.9 Å². The number of aliphatic hydroxyl groups excluding tert-OH is 1. The molecule has 6 heteroatoms. The number of aryl methyl sites for hydroxylation is 1. The molecule has 0 bridgehead atoms. The molecule has 0 aliphatic carbocycles. The lowest BCUT2D eigenvalue weighted by Crippen LogP contribution is -2.38. The quantitative estimate of drug-likeness (QED) is 0.788. The normalized spacial score (nSPS) is 17.4. The average molecular weight is 425 g/mol. The monoisotopic (exact) mass is 424 g/mol. The number of hydrogen-bond donors (Lipinski definition) is 1. The Kier molecular flexibility index (Phi) is 5.82. The maximum atomic E-state index is 12.5. The summed E-state index contributed by atoms with van der Waals surface area (Å²) in [4.78, 5) is 16.6. The Morgan fingerprint density at radius 2 is 1.92 bits per heavy atom. The van der Waals surface area contributed by atoms with Crippen molar-refractivity contribution >= 4 is 27.7 Å². The van der Waals surface area contributed by atoms with Crippen LogP contribution in [0.2, 0.25) is 0 Å². The average Bonchev–Trinajstić information content (AvgIpc) is 2.76. The smallest absolute Gasteiger partial charge is 0.410 e. The van der Waals surface area contributed by atoms with Gasteiger partial charge in [0.25, 0.3) is 0 Å². The first-order valence-corrected chi connectivity index (χ1v) is 10.3. The van der Waals surface area contributed by atoms with Gasteiger partial charge in [0.1, 0.15) is 5.60 Å². The molecular weight excluding hydrogens is 396 g/mol. The van der Waals surface area contributed by atoms with E-state index in [1.807, 2.05) is 25.7 Å². The molecular formula is C20H29BrN2O3. The summed E-state index contributed by atoms with van der Waals surface area (Å²) in [6.45, 7) is 8.86. The van der Waals surface area contributed by atoms with Gasteiger partial charge in [-0.2, -0.15) is 0 Å². The van der Waals surface area contributed by atoms with Gasteiger partial charge in [0.15, 0.2) is 0 Å². The number of anilines is 1. The van der Waals surface area contributed by atoms with Crippen LogP contribution in [0.1, 0.15) is 43.9 Å². The Hall–Kier alpha value is -1.27. The van der Waals surface area contributed by atoms with Crippen molar-refractivity contribution < 1.29 is 14.6 Å². The summed E-state index contributed by atoms with van der Waals surface area (Å²) in [6, 6.07) is 2.32. The van der Waals surface area contributed by atoms with Crippen LogP contribution in [0.4, 0.5) is 10.5 Å². The lowest BCUT2D eigenvalue weighted by Gasteiger charge is -2.33. The number of carbonyl (C=O) groups excluding carboxylic acids is 1. The van der Waals surface area contributed by atoms with Gasteiger partial charge < -0.3 is 19.6 Å². The fourth-order valence-corrected chi connectivity index (χ4v) is 4.81. The number of fused-ring (bicyclic) bond motifs is 2. The van der Waals surface area contributed by atoms with Crippen LogP contribution >= 0.6 is 15.9 Å². The Morgan fingerprint density at radius 1 is 1.19 bits per heavy atom. The molecule has 0 fully saturated rings. The fraction of sp³-hybridized carbons (Fsp3) is 0.650. The van der Waals surface area contributed by atoms with Gasteiger partial charge in [0.05, 0.1) is 12.3 Å². The Morgan fingerprint density at radius 3 is 2.62 bits per heavy atom. The van der Waals surface area contributed by atoms with E-state index in [1.165, 1.54) is 22.4 Å². The van der Waals surface area contributed by atoms with Crippen molar-refractivity contribution in [3.05, 3.63) is 27.2 Å². The predicted molar refractivity (Wildman–Crippen MR) is 107 cm³/mol. The number of amides is 1. The van der Waals surface area contributed by atoms with Crippen molar-refractivity contribution in [1.82, 2.24) is 4.90 Å². The van der Waals surface area contributed by atoms with Crippen LogP contribution < -0.4 is 4.90 Å². The van der Waals surface area contributed by atoms with Crippen molar-refractivity contribution in [3.63, 3.8) is 0 Å². The molecule has 26 heavy (non-hydrogen) atoms. The van der Waals surface area contributed by atoms with Crippen LogP contribution in [0.3, 0.4) is 0 Å². The SMILES string of the molecule is CC(C)(C)OC(=O)N1CCc2cc3c(c(Br)c2CC1)N(CCO)CCC3. The molecule has 2 aliphatic heterocycles. The number of halogens is 1. The lowest BCUT2D eigenvalue weighted by atomic mass is 9.93. The molecule has 0 unspecified atom stereocenters. The molecule has 0 aromatic heterocycles. The summed E-state index contributed by atoms with van der Waals surface area (Å²) < 4.78 is 6.69. The van der Waals surface area contributed by atoms with E-state index in [1.54, 1.807) is 0 Å². The number of aliphatic hydroxyl groups is 1. The second-order valence-electron chi connectivity index (χ2n) is 8.12. The fourth-order valence-electron chi connectivity index (χ4n) is 3.86. The molecule has 1 amide bonds. The zero-order valence-electron chi connectivity index (χ0n) is 16.0. The van der Waals surface area contributed by atoms with E-state index < -0.39 is 5.60 Å². The van der Waals surface area contributed by atoms with E-state index in [9.17, 15) is 9.90 Å². The molecule has 1 aromatic carbocycles. The molecule has 0 atom stereocenters. The van der Waals surface area contributed by atoms with E-state index in [-0.39, 0.29) is 12.7 Å². The Bertz CT molecular complexity index is 685. The standard InChI is InChI=1S/C20H29BrN2O3/c1-20(2,3)26-19(25)23-9-6-14-13-15-5-4-8-22(11-12-24)18(15)17(21)16(14)7-10-23/h13,24H,4-12H2,1-3H3. The summed E-state index contributed by atoms with van der Waals surface area (Å²) in [7, 11) is 0. The van der Waals surface area contributed by atoms with Gasteiger partial charge in [-0.05, 0) is 79.1 Å². The molecule has 5 nitrogen and oxygen atoms in total. The number of rotatable bonds is 2. The van der Waals surface area contributed by atoms with E-state index >= 15 is 0 Å². The van der Waals surface area contributed by atoms with Gasteiger partial charge >= 0.3 is 6.09 Å². The number of carbonyl (C=O) groups is 1. The predicted octanol–water partition coefficient (Wildman–Crippen LogP) is 3.53. The minimum Gasteiger partial charge on any atom is -0.444 e. The third-order valence-electron chi connectivity index (χ3n) is 5.01. The summed E-state index contributed by atoms with van der Waals surface area (Å²) >= 11 is 3.85. The first-order chi connectivity index (χ1) is 12.3. The summed E-state index contributed by atoms with van der Waals surface area (Å²) in [6.07, 6.45) is 3.62. The minimum atomic E-state index is -0.472. The van der Waals surface area contributed by atoms with Gasteiger partial charge in [-0.1, -0.05) is 6.07 Å². The highest BCUT2D eigenvalue weighted by Gasteiger charge is 2.28. The molecule has 0 radical (unpaired) electrons. The largest absolute Gasteiger partial charge is 0.444 e. The van der Waals surface area contributed by atoms with Crippen molar-refractivity contribution in [1.29, 1.82) is 0 Å². The topological polar surface area (TPSA) is 53.0 Å². The van der Waals surface area contributed by atoms with Crippen LogP contribution in [0.15, 0.2) is 10.5 Å². The molecule has 0 spiro atoms. The van der Waals surface area contributed by atoms with Crippen LogP contribution in [-0.2, 0) is 24.0 Å².